The van der Waals surface area contributed by atoms with Gasteiger partial charge in [0.05, 0.1) is 11.7 Å². The van der Waals surface area contributed by atoms with Gasteiger partial charge in [0.1, 0.15) is 5.75 Å². The molecule has 19 heavy (non-hydrogen) atoms. The number of benzene rings is 1. The lowest BCUT2D eigenvalue weighted by molar-refractivity contribution is 0.0931. The Kier molecular flexibility index (Phi) is 4.83. The number of ether oxygens (including phenoxy) is 1. The van der Waals surface area contributed by atoms with Gasteiger partial charge in [-0.3, -0.25) is 4.79 Å². The zero-order chi connectivity index (χ0) is 13.7. The Hall–Kier alpha value is -1.51. The molecule has 0 unspecified atom stereocenters. The van der Waals surface area contributed by atoms with Crippen molar-refractivity contribution in [2.45, 2.75) is 58.1 Å². The molecule has 1 N–H and O–H groups in total. The monoisotopic (exact) mass is 261 g/mol. The van der Waals surface area contributed by atoms with Gasteiger partial charge in [0.15, 0.2) is 0 Å². The average molecular weight is 261 g/mol. The highest BCUT2D eigenvalue weighted by Gasteiger charge is 2.18. The number of nitrogens with one attached hydrogen (secondary N) is 1. The van der Waals surface area contributed by atoms with Crippen LogP contribution in [0, 0.1) is 0 Å². The number of para-hydroxylation sites is 1. The molecule has 0 aliphatic heterocycles. The van der Waals surface area contributed by atoms with E-state index in [1.165, 1.54) is 19.3 Å². The minimum atomic E-state index is -0.0543. The van der Waals surface area contributed by atoms with Gasteiger partial charge in [0.2, 0.25) is 0 Å². The van der Waals surface area contributed by atoms with Gasteiger partial charge in [0, 0.05) is 6.04 Å². The van der Waals surface area contributed by atoms with Crippen molar-refractivity contribution in [2.75, 3.05) is 0 Å². The maximum Gasteiger partial charge on any atom is 0.255 e. The predicted molar refractivity (Wildman–Crippen MR) is 76.5 cm³/mol. The van der Waals surface area contributed by atoms with Crippen molar-refractivity contribution < 1.29 is 9.53 Å². The molecule has 2 rings (SSSR count). The Morgan fingerprint density at radius 3 is 2.58 bits per heavy atom. The highest BCUT2D eigenvalue weighted by molar-refractivity contribution is 5.97. The molecule has 1 aliphatic rings. The molecule has 0 bridgehead atoms. The summed E-state index contributed by atoms with van der Waals surface area (Å²) in [6.07, 6.45) is 6.22. The zero-order valence-electron chi connectivity index (χ0n) is 11.8. The van der Waals surface area contributed by atoms with E-state index in [4.69, 9.17) is 4.74 Å². The maximum atomic E-state index is 12.1. The first-order valence-corrected chi connectivity index (χ1v) is 7.23. The molecule has 1 amide bonds. The molecule has 1 aliphatic carbocycles. The SMILES string of the molecule is CC(C)NC(=O)c1ccccc1OC1CCCCC1. The van der Waals surface area contributed by atoms with Crippen molar-refractivity contribution in [2.24, 2.45) is 0 Å². The summed E-state index contributed by atoms with van der Waals surface area (Å²) in [4.78, 5) is 12.1. The van der Waals surface area contributed by atoms with E-state index in [2.05, 4.69) is 5.32 Å². The Balaban J connectivity index is 2.09. The summed E-state index contributed by atoms with van der Waals surface area (Å²) in [5.41, 5.74) is 0.641. The van der Waals surface area contributed by atoms with Gasteiger partial charge >= 0.3 is 0 Å². The summed E-state index contributed by atoms with van der Waals surface area (Å²) in [6, 6.07) is 7.66. The fourth-order valence-corrected chi connectivity index (χ4v) is 2.46. The third-order valence-corrected chi connectivity index (χ3v) is 3.40. The van der Waals surface area contributed by atoms with Gasteiger partial charge in [0.25, 0.3) is 5.91 Å². The second kappa shape index (κ2) is 6.60. The Bertz CT molecular complexity index is 423. The van der Waals surface area contributed by atoms with Crippen LogP contribution in [-0.2, 0) is 0 Å². The number of hydrogen-bond acceptors (Lipinski definition) is 2. The Morgan fingerprint density at radius 1 is 1.21 bits per heavy atom. The summed E-state index contributed by atoms with van der Waals surface area (Å²) in [7, 11) is 0. The highest BCUT2D eigenvalue weighted by atomic mass is 16.5. The van der Waals surface area contributed by atoms with Crippen molar-refractivity contribution in [1.29, 1.82) is 0 Å². The second-order valence-corrected chi connectivity index (χ2v) is 5.50. The van der Waals surface area contributed by atoms with Gasteiger partial charge < -0.3 is 10.1 Å². The quantitative estimate of drug-likeness (QED) is 0.900. The summed E-state index contributed by atoms with van der Waals surface area (Å²) in [5.74, 6) is 0.661. The van der Waals surface area contributed by atoms with Gasteiger partial charge in [-0.2, -0.15) is 0 Å². The molecule has 0 heterocycles. The molecular formula is C16H23NO2. The number of amides is 1. The molecule has 1 saturated carbocycles. The Labute approximate surface area is 115 Å². The number of hydrogen-bond donors (Lipinski definition) is 1. The van der Waals surface area contributed by atoms with Crippen LogP contribution in [0.3, 0.4) is 0 Å². The van der Waals surface area contributed by atoms with Crippen LogP contribution >= 0.6 is 0 Å². The minimum Gasteiger partial charge on any atom is -0.490 e. The second-order valence-electron chi connectivity index (χ2n) is 5.50. The van der Waals surface area contributed by atoms with Crippen LogP contribution in [-0.4, -0.2) is 18.1 Å². The molecule has 104 valence electrons. The van der Waals surface area contributed by atoms with E-state index in [-0.39, 0.29) is 18.1 Å². The van der Waals surface area contributed by atoms with E-state index in [0.29, 0.717) is 11.3 Å². The summed E-state index contributed by atoms with van der Waals surface area (Å²) < 4.78 is 6.03. The van der Waals surface area contributed by atoms with Crippen molar-refractivity contribution in [1.82, 2.24) is 5.32 Å². The molecule has 3 nitrogen and oxygen atoms in total. The molecule has 0 aromatic heterocycles. The van der Waals surface area contributed by atoms with Crippen LogP contribution in [0.15, 0.2) is 24.3 Å². The number of carbonyl (C=O) groups is 1. The smallest absolute Gasteiger partial charge is 0.255 e. The first-order chi connectivity index (χ1) is 9.16. The normalized spacial score (nSPS) is 16.4. The van der Waals surface area contributed by atoms with E-state index in [0.717, 1.165) is 12.8 Å². The lowest BCUT2D eigenvalue weighted by Gasteiger charge is -2.24. The van der Waals surface area contributed by atoms with E-state index >= 15 is 0 Å². The minimum absolute atomic E-state index is 0.0543. The average Bonchev–Trinajstić information content (AvgIpc) is 2.39. The van der Waals surface area contributed by atoms with Crippen LogP contribution in [0.4, 0.5) is 0 Å². The summed E-state index contributed by atoms with van der Waals surface area (Å²) >= 11 is 0. The fraction of sp³-hybridized carbons (Fsp3) is 0.562. The van der Waals surface area contributed by atoms with Crippen molar-refractivity contribution in [3.05, 3.63) is 29.8 Å². The first kappa shape index (κ1) is 13.9. The van der Waals surface area contributed by atoms with Gasteiger partial charge in [-0.05, 0) is 51.7 Å². The summed E-state index contributed by atoms with van der Waals surface area (Å²) in [5, 5.41) is 2.92. The molecule has 1 aromatic carbocycles. The molecular weight excluding hydrogens is 238 g/mol. The van der Waals surface area contributed by atoms with Crippen molar-refractivity contribution in [3.8, 4) is 5.75 Å². The van der Waals surface area contributed by atoms with E-state index in [1.807, 2.05) is 38.1 Å². The third-order valence-electron chi connectivity index (χ3n) is 3.40. The summed E-state index contributed by atoms with van der Waals surface area (Å²) in [6.45, 7) is 3.92. The van der Waals surface area contributed by atoms with E-state index in [1.54, 1.807) is 0 Å². The lowest BCUT2D eigenvalue weighted by atomic mass is 9.97. The topological polar surface area (TPSA) is 38.3 Å². The van der Waals surface area contributed by atoms with Crippen LogP contribution < -0.4 is 10.1 Å². The lowest BCUT2D eigenvalue weighted by Crippen LogP contribution is -2.31. The predicted octanol–water partition coefficient (Wildman–Crippen LogP) is 3.54. The highest BCUT2D eigenvalue weighted by Crippen LogP contribution is 2.26. The van der Waals surface area contributed by atoms with Crippen LogP contribution in [0.1, 0.15) is 56.3 Å². The molecule has 1 aromatic rings. The van der Waals surface area contributed by atoms with Gasteiger partial charge in [-0.15, -0.1) is 0 Å². The van der Waals surface area contributed by atoms with Crippen LogP contribution in [0.2, 0.25) is 0 Å². The molecule has 0 spiro atoms. The van der Waals surface area contributed by atoms with Gasteiger partial charge in [-0.25, -0.2) is 0 Å². The Morgan fingerprint density at radius 2 is 1.89 bits per heavy atom. The molecule has 0 saturated heterocycles. The van der Waals surface area contributed by atoms with E-state index < -0.39 is 0 Å². The van der Waals surface area contributed by atoms with Gasteiger partial charge in [-0.1, -0.05) is 18.6 Å². The fourth-order valence-electron chi connectivity index (χ4n) is 2.46. The molecule has 0 atom stereocenters. The van der Waals surface area contributed by atoms with E-state index in [9.17, 15) is 4.79 Å². The molecule has 3 heteroatoms. The molecule has 0 radical (unpaired) electrons. The maximum absolute atomic E-state index is 12.1. The first-order valence-electron chi connectivity index (χ1n) is 7.23. The zero-order valence-corrected chi connectivity index (χ0v) is 11.8. The number of rotatable bonds is 4. The van der Waals surface area contributed by atoms with Crippen molar-refractivity contribution in [3.63, 3.8) is 0 Å². The standard InChI is InChI=1S/C16H23NO2/c1-12(2)17-16(18)14-10-6-7-11-15(14)19-13-8-4-3-5-9-13/h6-7,10-13H,3-5,8-9H2,1-2H3,(H,17,18). The van der Waals surface area contributed by atoms with Crippen LogP contribution in [0.25, 0.3) is 0 Å². The number of carbonyl (C=O) groups excluding carboxylic acids is 1. The molecule has 1 fully saturated rings. The third kappa shape index (κ3) is 3.98. The van der Waals surface area contributed by atoms with Crippen LogP contribution in [0.5, 0.6) is 5.75 Å². The largest absolute Gasteiger partial charge is 0.490 e. The van der Waals surface area contributed by atoms with Crippen molar-refractivity contribution >= 4 is 5.91 Å².